The van der Waals surface area contributed by atoms with E-state index in [4.69, 9.17) is 14.6 Å². The molecule has 0 bridgehead atoms. The van der Waals surface area contributed by atoms with Crippen LogP contribution in [-0.2, 0) is 19.1 Å². The summed E-state index contributed by atoms with van der Waals surface area (Å²) in [4.78, 5) is 33.9. The Morgan fingerprint density at radius 2 is 1.60 bits per heavy atom. The van der Waals surface area contributed by atoms with Crippen LogP contribution in [0.4, 0.5) is 4.79 Å². The molecule has 1 aliphatic carbocycles. The molecular weight excluding hydrogens is 406 g/mol. The van der Waals surface area contributed by atoms with E-state index in [0.29, 0.717) is 5.75 Å². The third kappa shape index (κ3) is 5.76. The molecule has 0 fully saturated rings. The molecule has 0 spiro atoms. The number of thioether (sulfide) groups is 1. The van der Waals surface area contributed by atoms with Gasteiger partial charge in [-0.3, -0.25) is 9.59 Å². The van der Waals surface area contributed by atoms with E-state index in [-0.39, 0.29) is 37.9 Å². The van der Waals surface area contributed by atoms with E-state index in [1.165, 1.54) is 0 Å². The Bertz CT molecular complexity index is 871. The predicted octanol–water partition coefficient (Wildman–Crippen LogP) is 3.28. The van der Waals surface area contributed by atoms with Crippen LogP contribution in [0.2, 0.25) is 0 Å². The molecule has 2 aromatic carbocycles. The number of carboxylic acids is 1. The van der Waals surface area contributed by atoms with Crippen molar-refractivity contribution in [2.24, 2.45) is 0 Å². The van der Waals surface area contributed by atoms with Crippen LogP contribution in [0.25, 0.3) is 11.1 Å². The Hall–Kier alpha value is -3.00. The minimum absolute atomic E-state index is 0.00993. The van der Waals surface area contributed by atoms with Crippen LogP contribution < -0.4 is 5.32 Å². The van der Waals surface area contributed by atoms with Crippen LogP contribution in [0.1, 0.15) is 23.5 Å². The molecule has 0 saturated heterocycles. The molecule has 7 nitrogen and oxygen atoms in total. The zero-order chi connectivity index (χ0) is 21.3. The van der Waals surface area contributed by atoms with Crippen LogP contribution in [0, 0.1) is 0 Å². The second-order valence-electron chi connectivity index (χ2n) is 6.67. The fourth-order valence-electron chi connectivity index (χ4n) is 3.35. The molecule has 0 saturated carbocycles. The summed E-state index contributed by atoms with van der Waals surface area (Å²) in [5.74, 6) is -1.02. The second-order valence-corrected chi connectivity index (χ2v) is 7.77. The van der Waals surface area contributed by atoms with Gasteiger partial charge in [0.1, 0.15) is 13.2 Å². The molecule has 0 atom stereocenters. The van der Waals surface area contributed by atoms with E-state index in [0.717, 1.165) is 34.0 Å². The number of fused-ring (bicyclic) bond motifs is 3. The quantitative estimate of drug-likeness (QED) is 0.441. The van der Waals surface area contributed by atoms with Gasteiger partial charge in [-0.2, -0.15) is 0 Å². The number of benzene rings is 2. The normalized spacial score (nSPS) is 12.0. The number of alkyl carbamates (subject to hydrolysis) is 1. The van der Waals surface area contributed by atoms with Crippen molar-refractivity contribution >= 4 is 29.8 Å². The lowest BCUT2D eigenvalue weighted by molar-refractivity contribution is -0.143. The van der Waals surface area contributed by atoms with Crippen molar-refractivity contribution in [1.82, 2.24) is 5.32 Å². The fraction of sp³-hybridized carbons (Fsp3) is 0.318. The number of amides is 1. The smallest absolute Gasteiger partial charge is 0.407 e. The summed E-state index contributed by atoms with van der Waals surface area (Å²) >= 11 is 1.15. The lowest BCUT2D eigenvalue weighted by Gasteiger charge is -2.14. The average molecular weight is 429 g/mol. The minimum Gasteiger partial charge on any atom is -0.481 e. The maximum absolute atomic E-state index is 12.0. The summed E-state index contributed by atoms with van der Waals surface area (Å²) in [6.07, 6.45) is -0.437. The van der Waals surface area contributed by atoms with E-state index in [1.807, 2.05) is 24.3 Å². The maximum atomic E-state index is 12.0. The fourth-order valence-corrected chi connectivity index (χ4v) is 3.98. The second kappa shape index (κ2) is 10.7. The third-order valence-electron chi connectivity index (χ3n) is 4.65. The number of nitrogens with one attached hydrogen (secondary N) is 1. The molecule has 1 amide bonds. The molecule has 30 heavy (non-hydrogen) atoms. The molecule has 8 heteroatoms. The van der Waals surface area contributed by atoms with E-state index in [2.05, 4.69) is 29.6 Å². The van der Waals surface area contributed by atoms with Crippen LogP contribution in [-0.4, -0.2) is 54.4 Å². The van der Waals surface area contributed by atoms with Crippen molar-refractivity contribution < 1.29 is 29.0 Å². The average Bonchev–Trinajstić information content (AvgIpc) is 3.06. The monoisotopic (exact) mass is 429 g/mol. The Balaban J connectivity index is 1.37. The third-order valence-corrected chi connectivity index (χ3v) is 5.60. The number of esters is 1. The minimum atomic E-state index is -0.916. The number of carboxylic acid groups (broad SMARTS) is 1. The van der Waals surface area contributed by atoms with Crippen molar-refractivity contribution in [3.63, 3.8) is 0 Å². The molecule has 2 aromatic rings. The largest absolute Gasteiger partial charge is 0.481 e. The van der Waals surface area contributed by atoms with Crippen molar-refractivity contribution in [2.45, 2.75) is 12.3 Å². The van der Waals surface area contributed by atoms with Crippen LogP contribution in [0.5, 0.6) is 0 Å². The highest BCUT2D eigenvalue weighted by atomic mass is 32.2. The maximum Gasteiger partial charge on any atom is 0.407 e. The number of rotatable bonds is 10. The molecule has 0 aromatic heterocycles. The molecule has 2 N–H and O–H groups in total. The first-order chi connectivity index (χ1) is 14.6. The van der Waals surface area contributed by atoms with Gasteiger partial charge >= 0.3 is 18.0 Å². The van der Waals surface area contributed by atoms with Crippen molar-refractivity contribution in [3.05, 3.63) is 59.7 Å². The van der Waals surface area contributed by atoms with Crippen molar-refractivity contribution in [3.8, 4) is 11.1 Å². The molecular formula is C22H23NO6S. The van der Waals surface area contributed by atoms with Crippen molar-refractivity contribution in [2.75, 3.05) is 31.3 Å². The number of ether oxygens (including phenoxy) is 2. The Morgan fingerprint density at radius 1 is 0.967 bits per heavy atom. The molecule has 3 rings (SSSR count). The number of carbonyl (C=O) groups excluding carboxylic acids is 2. The SMILES string of the molecule is O=C(O)CSCCC(=O)OCCNC(=O)OCC1c2ccccc2-c2ccccc21. The Morgan fingerprint density at radius 3 is 2.23 bits per heavy atom. The van der Waals surface area contributed by atoms with Gasteiger partial charge in [-0.25, -0.2) is 4.79 Å². The molecule has 0 radical (unpaired) electrons. The number of carbonyl (C=O) groups is 3. The molecule has 0 unspecified atom stereocenters. The van der Waals surface area contributed by atoms with Crippen molar-refractivity contribution in [1.29, 1.82) is 0 Å². The van der Waals surface area contributed by atoms with E-state index in [1.54, 1.807) is 0 Å². The topological polar surface area (TPSA) is 102 Å². The van der Waals surface area contributed by atoms with Gasteiger partial charge in [0.05, 0.1) is 18.7 Å². The number of hydrogen-bond acceptors (Lipinski definition) is 6. The highest BCUT2D eigenvalue weighted by molar-refractivity contribution is 7.99. The van der Waals surface area contributed by atoms with E-state index in [9.17, 15) is 14.4 Å². The first kappa shape index (κ1) is 21.7. The summed E-state index contributed by atoms with van der Waals surface area (Å²) in [7, 11) is 0. The zero-order valence-corrected chi connectivity index (χ0v) is 17.2. The summed E-state index contributed by atoms with van der Waals surface area (Å²) in [6, 6.07) is 16.2. The predicted molar refractivity (Wildman–Crippen MR) is 114 cm³/mol. The lowest BCUT2D eigenvalue weighted by Crippen LogP contribution is -2.29. The van der Waals surface area contributed by atoms with Gasteiger partial charge in [-0.05, 0) is 22.3 Å². The summed E-state index contributed by atoms with van der Waals surface area (Å²) in [6.45, 7) is 0.401. The molecule has 158 valence electrons. The number of aliphatic carboxylic acids is 1. The molecule has 0 heterocycles. The highest BCUT2D eigenvalue weighted by Crippen LogP contribution is 2.44. The molecule has 0 aliphatic heterocycles. The van der Waals surface area contributed by atoms with Gasteiger partial charge < -0.3 is 19.9 Å². The van der Waals surface area contributed by atoms with Gasteiger partial charge in [-0.1, -0.05) is 48.5 Å². The van der Waals surface area contributed by atoms with E-state index >= 15 is 0 Å². The standard InChI is InChI=1S/C22H23NO6S/c24-20(25)14-30-12-9-21(26)28-11-10-23-22(27)29-13-19-17-7-3-1-5-15(17)16-6-2-4-8-18(16)19/h1-8,19H,9-14H2,(H,23,27)(H,24,25). The Kier molecular flexibility index (Phi) is 7.73. The van der Waals surface area contributed by atoms with Crippen LogP contribution in [0.3, 0.4) is 0 Å². The van der Waals surface area contributed by atoms with Crippen LogP contribution >= 0.6 is 11.8 Å². The van der Waals surface area contributed by atoms with Gasteiger partial charge in [0.25, 0.3) is 0 Å². The lowest BCUT2D eigenvalue weighted by atomic mass is 9.98. The van der Waals surface area contributed by atoms with E-state index < -0.39 is 18.0 Å². The first-order valence-electron chi connectivity index (χ1n) is 9.60. The zero-order valence-electron chi connectivity index (χ0n) is 16.3. The summed E-state index contributed by atoms with van der Waals surface area (Å²) < 4.78 is 10.4. The Labute approximate surface area is 178 Å². The van der Waals surface area contributed by atoms with Gasteiger partial charge in [-0.15, -0.1) is 11.8 Å². The summed E-state index contributed by atoms with van der Waals surface area (Å²) in [5.41, 5.74) is 4.61. The highest BCUT2D eigenvalue weighted by Gasteiger charge is 2.28. The summed E-state index contributed by atoms with van der Waals surface area (Å²) in [5, 5.41) is 11.1. The van der Waals surface area contributed by atoms with Gasteiger partial charge in [0.15, 0.2) is 0 Å². The van der Waals surface area contributed by atoms with Crippen LogP contribution in [0.15, 0.2) is 48.5 Å². The molecule has 1 aliphatic rings. The van der Waals surface area contributed by atoms with Gasteiger partial charge in [0, 0.05) is 11.7 Å². The number of hydrogen-bond donors (Lipinski definition) is 2. The first-order valence-corrected chi connectivity index (χ1v) is 10.8. The van der Waals surface area contributed by atoms with Gasteiger partial charge in [0.2, 0.25) is 0 Å².